The number of hydrogen-bond donors (Lipinski definition) is 0. The summed E-state index contributed by atoms with van der Waals surface area (Å²) < 4.78 is 7.00. The largest absolute Gasteiger partial charge is 0.403 e. The summed E-state index contributed by atoms with van der Waals surface area (Å²) in [4.78, 5) is 28.0. The third kappa shape index (κ3) is 2.53. The van der Waals surface area contributed by atoms with E-state index < -0.39 is 5.63 Å². The lowest BCUT2D eigenvalue weighted by Crippen LogP contribution is -2.11. The Morgan fingerprint density at radius 3 is 2.60 bits per heavy atom. The van der Waals surface area contributed by atoms with Crippen molar-refractivity contribution in [1.29, 1.82) is 0 Å². The zero-order valence-corrected chi connectivity index (χ0v) is 13.3. The van der Waals surface area contributed by atoms with Crippen molar-refractivity contribution in [1.82, 2.24) is 14.8 Å². The summed E-state index contributed by atoms with van der Waals surface area (Å²) in [5.41, 5.74) is 1.74. The maximum Gasteiger partial charge on any atom is 0.348 e. The molecular weight excluding hydrogens is 318 g/mol. The molecule has 0 spiro atoms. The molecule has 0 aliphatic carbocycles. The van der Waals surface area contributed by atoms with E-state index in [1.807, 2.05) is 36.4 Å². The monoisotopic (exact) mass is 331 g/mol. The molecule has 0 bridgehead atoms. The lowest BCUT2D eigenvalue weighted by molar-refractivity contribution is 0.101. The molecule has 6 heteroatoms. The van der Waals surface area contributed by atoms with Gasteiger partial charge in [0.05, 0.1) is 11.1 Å². The van der Waals surface area contributed by atoms with Gasteiger partial charge >= 0.3 is 5.63 Å². The summed E-state index contributed by atoms with van der Waals surface area (Å²) in [7, 11) is 0. The van der Waals surface area contributed by atoms with E-state index in [0.717, 1.165) is 11.3 Å². The minimum absolute atomic E-state index is 0.00486. The Labute approximate surface area is 142 Å². The minimum atomic E-state index is -0.671. The predicted octanol–water partition coefficient (Wildman–Crippen LogP) is 3.24. The molecule has 0 atom stereocenters. The first-order valence-corrected chi connectivity index (χ1v) is 7.69. The van der Waals surface area contributed by atoms with Crippen molar-refractivity contribution in [3.63, 3.8) is 0 Å². The van der Waals surface area contributed by atoms with Crippen LogP contribution in [-0.4, -0.2) is 20.5 Å². The quantitative estimate of drug-likeness (QED) is 0.539. The molecule has 0 saturated carbocycles. The first kappa shape index (κ1) is 15.0. The highest BCUT2D eigenvalue weighted by Crippen LogP contribution is 2.29. The Hall–Kier alpha value is -3.54. The van der Waals surface area contributed by atoms with Crippen LogP contribution in [0.3, 0.4) is 0 Å². The predicted molar refractivity (Wildman–Crippen MR) is 92.8 cm³/mol. The van der Waals surface area contributed by atoms with Gasteiger partial charge in [-0.1, -0.05) is 18.2 Å². The van der Waals surface area contributed by atoms with Crippen LogP contribution < -0.4 is 5.63 Å². The van der Waals surface area contributed by atoms with Gasteiger partial charge in [-0.05, 0) is 37.3 Å². The van der Waals surface area contributed by atoms with Crippen LogP contribution in [0.5, 0.6) is 0 Å². The summed E-state index contributed by atoms with van der Waals surface area (Å²) in [5.74, 6) is -0.347. The maximum absolute atomic E-state index is 12.2. The van der Waals surface area contributed by atoms with E-state index in [4.69, 9.17) is 4.42 Å². The number of Topliss-reactive ketones (excluding diaryl/α,β-unsaturated/α-hetero) is 1. The number of pyridine rings is 1. The number of para-hydroxylation sites is 1. The van der Waals surface area contributed by atoms with Gasteiger partial charge in [0.1, 0.15) is 11.3 Å². The number of fused-ring (bicyclic) bond motifs is 1. The Balaban J connectivity index is 2.09. The van der Waals surface area contributed by atoms with Crippen LogP contribution in [0.15, 0.2) is 70.1 Å². The molecule has 4 rings (SSSR count). The van der Waals surface area contributed by atoms with Gasteiger partial charge in [0.2, 0.25) is 5.71 Å². The first-order valence-electron chi connectivity index (χ1n) is 7.69. The van der Waals surface area contributed by atoms with Gasteiger partial charge in [0, 0.05) is 18.0 Å². The normalized spacial score (nSPS) is 10.9. The van der Waals surface area contributed by atoms with Crippen LogP contribution in [0.4, 0.5) is 0 Å². The number of rotatable bonds is 3. The van der Waals surface area contributed by atoms with Crippen molar-refractivity contribution in [2.45, 2.75) is 6.92 Å². The lowest BCUT2D eigenvalue weighted by Gasteiger charge is -2.01. The van der Waals surface area contributed by atoms with Gasteiger partial charge in [-0.2, -0.15) is 9.78 Å². The fraction of sp³-hybridized carbons (Fsp3) is 0.0526. The number of carbonyl (C=O) groups excluding carboxylic acids is 1. The molecule has 4 aromatic rings. The summed E-state index contributed by atoms with van der Waals surface area (Å²) in [6.45, 7) is 1.34. The highest BCUT2D eigenvalue weighted by molar-refractivity contribution is 5.99. The molecule has 3 aromatic heterocycles. The Kier molecular flexibility index (Phi) is 3.50. The van der Waals surface area contributed by atoms with Crippen molar-refractivity contribution < 1.29 is 9.21 Å². The molecule has 0 N–H and O–H groups in total. The molecule has 0 unspecified atom stereocenters. The molecule has 0 aliphatic heterocycles. The van der Waals surface area contributed by atoms with Crippen molar-refractivity contribution in [3.05, 3.63) is 76.9 Å². The van der Waals surface area contributed by atoms with E-state index in [0.29, 0.717) is 16.8 Å². The average molecular weight is 331 g/mol. The molecule has 0 amide bonds. The first-order chi connectivity index (χ1) is 12.1. The number of benzene rings is 1. The Morgan fingerprint density at radius 1 is 1.12 bits per heavy atom. The number of nitrogens with zero attached hydrogens (tertiary/aromatic N) is 3. The van der Waals surface area contributed by atoms with Crippen LogP contribution in [0.1, 0.15) is 17.3 Å². The van der Waals surface area contributed by atoms with Crippen LogP contribution in [0.25, 0.3) is 28.0 Å². The fourth-order valence-electron chi connectivity index (χ4n) is 2.69. The molecule has 25 heavy (non-hydrogen) atoms. The second-order valence-corrected chi connectivity index (χ2v) is 5.56. The van der Waals surface area contributed by atoms with E-state index in [9.17, 15) is 9.59 Å². The molecular formula is C19H13N3O3. The topological polar surface area (TPSA) is 78.0 Å². The SMILES string of the molecule is CC(=O)c1cc2c(-c3cccnc3)nn(-c3ccccc3)c2oc1=O. The second kappa shape index (κ2) is 5.83. The molecule has 0 fully saturated rings. The molecule has 0 radical (unpaired) electrons. The zero-order valence-electron chi connectivity index (χ0n) is 13.3. The van der Waals surface area contributed by atoms with Crippen LogP contribution in [0, 0.1) is 0 Å². The summed E-state index contributed by atoms with van der Waals surface area (Å²) in [5, 5.41) is 5.19. The zero-order chi connectivity index (χ0) is 17.4. The van der Waals surface area contributed by atoms with Crippen LogP contribution in [0.2, 0.25) is 0 Å². The third-order valence-corrected chi connectivity index (χ3v) is 3.89. The van der Waals surface area contributed by atoms with Gasteiger partial charge in [0.15, 0.2) is 5.78 Å². The minimum Gasteiger partial charge on any atom is -0.403 e. The number of hydrogen-bond acceptors (Lipinski definition) is 5. The lowest BCUT2D eigenvalue weighted by atomic mass is 10.1. The fourth-order valence-corrected chi connectivity index (χ4v) is 2.69. The van der Waals surface area contributed by atoms with Crippen molar-refractivity contribution in [2.24, 2.45) is 0 Å². The van der Waals surface area contributed by atoms with E-state index in [2.05, 4.69) is 10.1 Å². The highest BCUT2D eigenvalue weighted by atomic mass is 16.4. The summed E-state index contributed by atoms with van der Waals surface area (Å²) >= 11 is 0. The summed E-state index contributed by atoms with van der Waals surface area (Å²) in [6.07, 6.45) is 3.34. The van der Waals surface area contributed by atoms with Gasteiger partial charge in [-0.25, -0.2) is 4.79 Å². The van der Waals surface area contributed by atoms with Crippen molar-refractivity contribution >= 4 is 16.9 Å². The molecule has 1 aromatic carbocycles. The van der Waals surface area contributed by atoms with E-state index in [-0.39, 0.29) is 11.3 Å². The van der Waals surface area contributed by atoms with E-state index in [1.54, 1.807) is 23.1 Å². The molecule has 0 aliphatic rings. The van der Waals surface area contributed by atoms with E-state index >= 15 is 0 Å². The average Bonchev–Trinajstić information content (AvgIpc) is 3.00. The number of ketones is 1. The number of carbonyl (C=O) groups is 1. The van der Waals surface area contributed by atoms with Crippen molar-refractivity contribution in [3.8, 4) is 16.9 Å². The molecule has 0 saturated heterocycles. The van der Waals surface area contributed by atoms with Crippen LogP contribution in [-0.2, 0) is 0 Å². The smallest absolute Gasteiger partial charge is 0.348 e. The Bertz CT molecular complexity index is 1130. The highest BCUT2D eigenvalue weighted by Gasteiger charge is 2.19. The molecule has 122 valence electrons. The van der Waals surface area contributed by atoms with Gasteiger partial charge in [-0.15, -0.1) is 0 Å². The molecule has 6 nitrogen and oxygen atoms in total. The van der Waals surface area contributed by atoms with Crippen LogP contribution >= 0.6 is 0 Å². The molecule has 3 heterocycles. The van der Waals surface area contributed by atoms with Crippen molar-refractivity contribution in [2.75, 3.05) is 0 Å². The van der Waals surface area contributed by atoms with Gasteiger partial charge in [-0.3, -0.25) is 9.78 Å². The van der Waals surface area contributed by atoms with Gasteiger partial charge < -0.3 is 4.42 Å². The van der Waals surface area contributed by atoms with Gasteiger partial charge in [0.25, 0.3) is 0 Å². The third-order valence-electron chi connectivity index (χ3n) is 3.89. The van der Waals surface area contributed by atoms with E-state index in [1.165, 1.54) is 13.0 Å². The second-order valence-electron chi connectivity index (χ2n) is 5.56. The maximum atomic E-state index is 12.2. The Morgan fingerprint density at radius 2 is 1.92 bits per heavy atom. The number of aromatic nitrogens is 3. The summed E-state index contributed by atoms with van der Waals surface area (Å²) in [6, 6.07) is 14.6. The standard InChI is InChI=1S/C19H13N3O3/c1-12(23)15-10-16-17(13-6-5-9-20-11-13)21-22(18(16)25-19(15)24)14-7-3-2-4-8-14/h2-11H,1H3.